The van der Waals surface area contributed by atoms with E-state index in [0.717, 1.165) is 34.0 Å². The molecule has 0 bridgehead atoms. The van der Waals surface area contributed by atoms with Crippen molar-refractivity contribution in [2.75, 3.05) is 10.6 Å². The molecule has 0 aliphatic rings. The Balaban J connectivity index is 1.35. The zero-order valence-electron chi connectivity index (χ0n) is 16.4. The van der Waals surface area contributed by atoms with Crippen molar-refractivity contribution in [3.8, 4) is 27.6 Å². The van der Waals surface area contributed by atoms with E-state index in [1.807, 2.05) is 47.8 Å². The molecule has 32 heavy (non-hydrogen) atoms. The summed E-state index contributed by atoms with van der Waals surface area (Å²) >= 11 is 1.56. The van der Waals surface area contributed by atoms with Crippen molar-refractivity contribution in [3.63, 3.8) is 0 Å². The number of anilines is 2. The number of carbonyl (C=O) groups excluding carboxylic acids is 1. The summed E-state index contributed by atoms with van der Waals surface area (Å²) < 4.78 is 40.4. The fourth-order valence-corrected chi connectivity index (χ4v) is 3.71. The summed E-state index contributed by atoms with van der Waals surface area (Å²) in [5.74, 6) is -0.364. The van der Waals surface area contributed by atoms with Gasteiger partial charge in [0.25, 0.3) is 0 Å². The molecule has 0 aliphatic carbocycles. The van der Waals surface area contributed by atoms with Gasteiger partial charge < -0.3 is 15.4 Å². The first-order valence-electron chi connectivity index (χ1n) is 9.41. The van der Waals surface area contributed by atoms with Crippen molar-refractivity contribution < 1.29 is 22.7 Å². The molecule has 0 fully saturated rings. The number of urea groups is 1. The number of aromatic nitrogens is 1. The average Bonchev–Trinajstić information content (AvgIpc) is 3.26. The molecule has 0 saturated heterocycles. The topological polar surface area (TPSA) is 63.2 Å². The van der Waals surface area contributed by atoms with E-state index in [2.05, 4.69) is 20.4 Å². The third kappa shape index (κ3) is 5.64. The Morgan fingerprint density at radius 3 is 2.00 bits per heavy atom. The number of carbonyl (C=O) groups is 1. The lowest BCUT2D eigenvalue weighted by atomic mass is 10.1. The van der Waals surface area contributed by atoms with Crippen LogP contribution in [0.2, 0.25) is 0 Å². The summed E-state index contributed by atoms with van der Waals surface area (Å²) in [6.45, 7) is 0. The van der Waals surface area contributed by atoms with Crippen molar-refractivity contribution in [1.29, 1.82) is 0 Å². The fraction of sp³-hybridized carbons (Fsp3) is 0.0435. The van der Waals surface area contributed by atoms with Crippen molar-refractivity contribution in [3.05, 3.63) is 84.2 Å². The highest BCUT2D eigenvalue weighted by molar-refractivity contribution is 7.13. The van der Waals surface area contributed by atoms with Crippen LogP contribution in [0.4, 0.5) is 29.3 Å². The Hall–Kier alpha value is -3.85. The molecule has 9 heteroatoms. The van der Waals surface area contributed by atoms with E-state index < -0.39 is 12.4 Å². The highest BCUT2D eigenvalue weighted by atomic mass is 32.1. The van der Waals surface area contributed by atoms with E-state index in [9.17, 15) is 18.0 Å². The smallest absolute Gasteiger partial charge is 0.406 e. The minimum absolute atomic E-state index is 0.324. The van der Waals surface area contributed by atoms with Crippen molar-refractivity contribution >= 4 is 28.7 Å². The summed E-state index contributed by atoms with van der Waals surface area (Å²) in [6, 6.07) is 21.4. The van der Waals surface area contributed by atoms with E-state index in [4.69, 9.17) is 0 Å². The van der Waals surface area contributed by atoms with E-state index in [0.29, 0.717) is 11.4 Å². The summed E-state index contributed by atoms with van der Waals surface area (Å²) in [5.41, 5.74) is 3.68. The molecule has 4 aromatic rings. The molecule has 1 aromatic heterocycles. The second-order valence-electron chi connectivity index (χ2n) is 6.63. The molecule has 1 heterocycles. The third-order valence-corrected chi connectivity index (χ3v) is 5.20. The largest absolute Gasteiger partial charge is 0.573 e. The minimum Gasteiger partial charge on any atom is -0.406 e. The Kier molecular flexibility index (Phi) is 6.09. The average molecular weight is 455 g/mol. The van der Waals surface area contributed by atoms with Crippen molar-refractivity contribution in [2.24, 2.45) is 0 Å². The number of nitrogens with zero attached hydrogens (tertiary/aromatic N) is 1. The molecule has 0 radical (unpaired) electrons. The predicted molar refractivity (Wildman–Crippen MR) is 119 cm³/mol. The second-order valence-corrected chi connectivity index (χ2v) is 7.49. The van der Waals surface area contributed by atoms with Crippen LogP contribution in [0, 0.1) is 0 Å². The minimum atomic E-state index is -4.76. The molecule has 0 unspecified atom stereocenters. The zero-order chi connectivity index (χ0) is 22.6. The molecule has 0 spiro atoms. The number of thiazole rings is 1. The van der Waals surface area contributed by atoms with Gasteiger partial charge in [-0.1, -0.05) is 42.5 Å². The van der Waals surface area contributed by atoms with Crippen molar-refractivity contribution in [2.45, 2.75) is 6.36 Å². The molecule has 162 valence electrons. The van der Waals surface area contributed by atoms with Gasteiger partial charge in [0.05, 0.1) is 5.69 Å². The standard InChI is InChI=1S/C23H16F3N3O2S/c24-23(25,26)31-19-12-10-18(11-13-19)28-22(30)27-17-8-6-15(7-9-17)20-14-32-21(29-20)16-4-2-1-3-5-16/h1-14H,(H2,27,28,30). The number of hydrogen-bond acceptors (Lipinski definition) is 4. The first kappa shape index (κ1) is 21.4. The van der Waals surface area contributed by atoms with Crippen LogP contribution in [0.3, 0.4) is 0 Å². The van der Waals surface area contributed by atoms with Gasteiger partial charge >= 0.3 is 12.4 Å². The van der Waals surface area contributed by atoms with Crippen LogP contribution in [-0.4, -0.2) is 17.4 Å². The Bertz CT molecular complexity index is 1190. The number of halogens is 3. The maximum Gasteiger partial charge on any atom is 0.573 e. The van der Waals surface area contributed by atoms with Gasteiger partial charge in [-0.3, -0.25) is 0 Å². The molecular formula is C23H16F3N3O2S. The molecule has 5 nitrogen and oxygen atoms in total. The number of rotatable bonds is 5. The molecular weight excluding hydrogens is 439 g/mol. The van der Waals surface area contributed by atoms with Crippen LogP contribution in [0.25, 0.3) is 21.8 Å². The summed E-state index contributed by atoms with van der Waals surface area (Å²) in [5, 5.41) is 8.13. The van der Waals surface area contributed by atoms with Crippen LogP contribution in [0.5, 0.6) is 5.75 Å². The normalized spacial score (nSPS) is 11.1. The number of nitrogens with one attached hydrogen (secondary N) is 2. The van der Waals surface area contributed by atoms with Crippen LogP contribution >= 0.6 is 11.3 Å². The first-order chi connectivity index (χ1) is 15.4. The molecule has 0 atom stereocenters. The summed E-state index contributed by atoms with van der Waals surface area (Å²) in [4.78, 5) is 16.8. The Morgan fingerprint density at radius 1 is 0.812 bits per heavy atom. The van der Waals surface area contributed by atoms with Gasteiger partial charge in [-0.2, -0.15) is 0 Å². The fourth-order valence-electron chi connectivity index (χ4n) is 2.88. The maximum absolute atomic E-state index is 12.2. The van der Waals surface area contributed by atoms with Gasteiger partial charge in [0.15, 0.2) is 0 Å². The predicted octanol–water partition coefficient (Wildman–Crippen LogP) is 7.02. The highest BCUT2D eigenvalue weighted by Crippen LogP contribution is 2.29. The van der Waals surface area contributed by atoms with Gasteiger partial charge in [-0.25, -0.2) is 9.78 Å². The Morgan fingerprint density at radius 2 is 1.41 bits per heavy atom. The molecule has 0 aliphatic heterocycles. The monoisotopic (exact) mass is 455 g/mol. The lowest BCUT2D eigenvalue weighted by Crippen LogP contribution is -2.19. The summed E-state index contributed by atoms with van der Waals surface area (Å²) in [7, 11) is 0. The second kappa shape index (κ2) is 9.11. The summed E-state index contributed by atoms with van der Waals surface area (Å²) in [6.07, 6.45) is -4.76. The quantitative estimate of drug-likeness (QED) is 0.340. The molecule has 2 amide bonds. The number of hydrogen-bond donors (Lipinski definition) is 2. The maximum atomic E-state index is 12.2. The lowest BCUT2D eigenvalue weighted by Gasteiger charge is -2.10. The van der Waals surface area contributed by atoms with Crippen LogP contribution in [0.1, 0.15) is 0 Å². The molecule has 4 rings (SSSR count). The number of alkyl halides is 3. The van der Waals surface area contributed by atoms with Crippen molar-refractivity contribution in [1.82, 2.24) is 4.98 Å². The van der Waals surface area contributed by atoms with Gasteiger partial charge in [-0.15, -0.1) is 24.5 Å². The van der Waals surface area contributed by atoms with E-state index in [1.54, 1.807) is 23.5 Å². The highest BCUT2D eigenvalue weighted by Gasteiger charge is 2.30. The SMILES string of the molecule is O=C(Nc1ccc(OC(F)(F)F)cc1)Nc1ccc(-c2csc(-c3ccccc3)n2)cc1. The van der Waals surface area contributed by atoms with Crippen LogP contribution in [-0.2, 0) is 0 Å². The van der Waals surface area contributed by atoms with Gasteiger partial charge in [0.2, 0.25) is 0 Å². The van der Waals surface area contributed by atoms with E-state index in [-0.39, 0.29) is 5.75 Å². The van der Waals surface area contributed by atoms with E-state index >= 15 is 0 Å². The van der Waals surface area contributed by atoms with Crippen LogP contribution < -0.4 is 15.4 Å². The van der Waals surface area contributed by atoms with Gasteiger partial charge in [-0.05, 0) is 36.4 Å². The van der Waals surface area contributed by atoms with Crippen LogP contribution in [0.15, 0.2) is 84.2 Å². The zero-order valence-corrected chi connectivity index (χ0v) is 17.2. The molecule has 0 saturated carbocycles. The van der Waals surface area contributed by atoms with E-state index in [1.165, 1.54) is 12.1 Å². The van der Waals surface area contributed by atoms with Gasteiger partial charge in [0, 0.05) is 27.9 Å². The number of amides is 2. The molecule has 3 aromatic carbocycles. The third-order valence-electron chi connectivity index (χ3n) is 4.31. The lowest BCUT2D eigenvalue weighted by molar-refractivity contribution is -0.274. The molecule has 2 N–H and O–H groups in total. The number of benzene rings is 3. The number of ether oxygens (including phenoxy) is 1. The Labute approximate surface area is 185 Å². The first-order valence-corrected chi connectivity index (χ1v) is 10.3. The van der Waals surface area contributed by atoms with Gasteiger partial charge in [0.1, 0.15) is 10.8 Å².